The molecule has 110 valence electrons. The van der Waals surface area contributed by atoms with Crippen molar-refractivity contribution in [2.24, 2.45) is 5.92 Å². The Morgan fingerprint density at radius 1 is 1.35 bits per heavy atom. The van der Waals surface area contributed by atoms with Crippen LogP contribution in [0.1, 0.15) is 45.2 Å². The topological polar surface area (TPSA) is 50.4 Å². The lowest BCUT2D eigenvalue weighted by atomic mass is 10.0. The first kappa shape index (κ1) is 14.9. The maximum atomic E-state index is 11.3. The molecule has 0 aliphatic carbocycles. The van der Waals surface area contributed by atoms with Gasteiger partial charge in [-0.2, -0.15) is 0 Å². The van der Waals surface area contributed by atoms with E-state index in [-0.39, 0.29) is 18.6 Å². The first-order valence-corrected chi connectivity index (χ1v) is 7.44. The fourth-order valence-corrected chi connectivity index (χ4v) is 2.41. The Morgan fingerprint density at radius 3 is 2.80 bits per heavy atom. The monoisotopic (exact) mass is 276 g/mol. The number of fused-ring (bicyclic) bond motifs is 1. The van der Waals surface area contributed by atoms with E-state index >= 15 is 0 Å². The summed E-state index contributed by atoms with van der Waals surface area (Å²) >= 11 is 0. The molecule has 0 saturated carbocycles. The molecule has 0 saturated heterocycles. The Hall–Kier alpha value is -1.55. The van der Waals surface area contributed by atoms with Crippen LogP contribution in [0, 0.1) is 5.92 Å². The summed E-state index contributed by atoms with van der Waals surface area (Å²) in [4.78, 5) is 11.3. The van der Waals surface area contributed by atoms with Gasteiger partial charge in [0, 0.05) is 6.04 Å². The van der Waals surface area contributed by atoms with E-state index in [0.29, 0.717) is 0 Å². The van der Waals surface area contributed by atoms with Gasteiger partial charge in [-0.25, -0.2) is 0 Å². The summed E-state index contributed by atoms with van der Waals surface area (Å²) in [6.07, 6.45) is 2.40. The highest BCUT2D eigenvalue weighted by Crippen LogP contribution is 2.30. The van der Waals surface area contributed by atoms with Crippen molar-refractivity contribution in [2.75, 3.05) is 18.5 Å². The second-order valence-corrected chi connectivity index (χ2v) is 5.40. The van der Waals surface area contributed by atoms with Crippen molar-refractivity contribution in [3.05, 3.63) is 23.8 Å². The van der Waals surface area contributed by atoms with Gasteiger partial charge in [-0.05, 0) is 37.1 Å². The molecule has 0 spiro atoms. The molecule has 2 N–H and O–H groups in total. The normalized spacial score (nSPS) is 15.5. The number of amides is 1. The predicted molar refractivity (Wildman–Crippen MR) is 81.1 cm³/mol. The third-order valence-corrected chi connectivity index (χ3v) is 4.00. The van der Waals surface area contributed by atoms with E-state index in [9.17, 15) is 4.79 Å². The highest BCUT2D eigenvalue weighted by Gasteiger charge is 2.17. The zero-order valence-corrected chi connectivity index (χ0v) is 12.5. The van der Waals surface area contributed by atoms with Gasteiger partial charge in [-0.1, -0.05) is 32.8 Å². The lowest BCUT2D eigenvalue weighted by molar-refractivity contribution is -0.118. The molecule has 1 aromatic carbocycles. The van der Waals surface area contributed by atoms with Gasteiger partial charge in [0.1, 0.15) is 5.75 Å². The van der Waals surface area contributed by atoms with Gasteiger partial charge >= 0.3 is 0 Å². The number of benzene rings is 1. The van der Waals surface area contributed by atoms with Gasteiger partial charge in [0.05, 0.1) is 5.69 Å². The van der Waals surface area contributed by atoms with Gasteiger partial charge in [0.15, 0.2) is 6.61 Å². The summed E-state index contributed by atoms with van der Waals surface area (Å²) in [7, 11) is 0. The van der Waals surface area contributed by atoms with Crippen LogP contribution in [0.5, 0.6) is 5.75 Å². The average molecular weight is 276 g/mol. The lowest BCUT2D eigenvalue weighted by Gasteiger charge is -2.22. The molecule has 1 unspecified atom stereocenters. The van der Waals surface area contributed by atoms with Crippen molar-refractivity contribution in [1.29, 1.82) is 0 Å². The molecule has 2 rings (SSSR count). The van der Waals surface area contributed by atoms with Gasteiger partial charge in [-0.3, -0.25) is 4.79 Å². The molecule has 1 aromatic rings. The Balaban J connectivity index is 2.01. The molecule has 0 radical (unpaired) electrons. The fourth-order valence-electron chi connectivity index (χ4n) is 2.41. The number of rotatable bonds is 6. The summed E-state index contributed by atoms with van der Waals surface area (Å²) in [6.45, 7) is 7.73. The molecule has 1 heterocycles. The largest absolute Gasteiger partial charge is 0.482 e. The summed E-state index contributed by atoms with van der Waals surface area (Å²) in [5.74, 6) is 1.38. The zero-order chi connectivity index (χ0) is 14.5. The molecule has 1 aliphatic rings. The number of carbonyl (C=O) groups is 1. The van der Waals surface area contributed by atoms with E-state index < -0.39 is 0 Å². The molecular formula is C16H24N2O2. The number of ether oxygens (including phenoxy) is 1. The van der Waals surface area contributed by atoms with Gasteiger partial charge in [0.2, 0.25) is 0 Å². The van der Waals surface area contributed by atoms with Crippen molar-refractivity contribution < 1.29 is 9.53 Å². The van der Waals surface area contributed by atoms with E-state index in [1.54, 1.807) is 0 Å². The third kappa shape index (κ3) is 3.51. The smallest absolute Gasteiger partial charge is 0.262 e. The molecule has 1 amide bonds. The minimum atomic E-state index is -0.0905. The number of nitrogens with one attached hydrogen (secondary N) is 2. The average Bonchev–Trinajstić information content (AvgIpc) is 2.47. The van der Waals surface area contributed by atoms with Crippen LogP contribution >= 0.6 is 0 Å². The Bertz CT molecular complexity index is 470. The van der Waals surface area contributed by atoms with Gasteiger partial charge < -0.3 is 15.4 Å². The molecule has 4 heteroatoms. The van der Waals surface area contributed by atoms with E-state index in [1.807, 2.05) is 12.1 Å². The second kappa shape index (κ2) is 6.75. The Kier molecular flexibility index (Phi) is 5.01. The van der Waals surface area contributed by atoms with Crippen molar-refractivity contribution in [3.8, 4) is 5.75 Å². The Morgan fingerprint density at radius 2 is 2.10 bits per heavy atom. The lowest BCUT2D eigenvalue weighted by Crippen LogP contribution is -2.27. The number of hydrogen-bond acceptors (Lipinski definition) is 3. The second-order valence-electron chi connectivity index (χ2n) is 5.40. The third-order valence-electron chi connectivity index (χ3n) is 4.00. The highest BCUT2D eigenvalue weighted by molar-refractivity contribution is 5.95. The molecule has 4 nitrogen and oxygen atoms in total. The van der Waals surface area contributed by atoms with E-state index in [2.05, 4.69) is 37.5 Å². The molecule has 0 aromatic heterocycles. The fraction of sp³-hybridized carbons (Fsp3) is 0.562. The predicted octanol–water partition coefficient (Wildman–Crippen LogP) is 3.10. The van der Waals surface area contributed by atoms with Crippen LogP contribution in [-0.4, -0.2) is 19.1 Å². The van der Waals surface area contributed by atoms with Crippen LogP contribution in [-0.2, 0) is 4.79 Å². The Labute approximate surface area is 120 Å². The highest BCUT2D eigenvalue weighted by atomic mass is 16.5. The van der Waals surface area contributed by atoms with Crippen LogP contribution in [0.25, 0.3) is 0 Å². The van der Waals surface area contributed by atoms with Crippen LogP contribution in [0.2, 0.25) is 0 Å². The molecular weight excluding hydrogens is 252 g/mol. The zero-order valence-electron chi connectivity index (χ0n) is 12.5. The summed E-state index contributed by atoms with van der Waals surface area (Å²) in [5.41, 5.74) is 1.94. The standard InChI is InChI=1S/C16H24N2O2/c1-4-12(5-2)9-17-11(3)13-6-7-15-14(8-13)18-16(19)10-20-15/h6-8,11-12,17H,4-5,9-10H2,1-3H3,(H,18,19). The maximum Gasteiger partial charge on any atom is 0.262 e. The van der Waals surface area contributed by atoms with E-state index in [0.717, 1.165) is 23.9 Å². The number of carbonyl (C=O) groups excluding carboxylic acids is 1. The number of anilines is 1. The minimum Gasteiger partial charge on any atom is -0.482 e. The number of hydrogen-bond donors (Lipinski definition) is 2. The van der Waals surface area contributed by atoms with E-state index in [4.69, 9.17) is 4.74 Å². The molecule has 1 aliphatic heterocycles. The van der Waals surface area contributed by atoms with Crippen LogP contribution in [0.15, 0.2) is 18.2 Å². The minimum absolute atomic E-state index is 0.0905. The molecule has 20 heavy (non-hydrogen) atoms. The summed E-state index contributed by atoms with van der Waals surface area (Å²) in [5, 5.41) is 6.42. The van der Waals surface area contributed by atoms with Crippen LogP contribution in [0.3, 0.4) is 0 Å². The molecule has 1 atom stereocenters. The summed E-state index contributed by atoms with van der Waals surface area (Å²) < 4.78 is 5.37. The molecule has 0 bridgehead atoms. The van der Waals surface area contributed by atoms with Crippen molar-refractivity contribution in [3.63, 3.8) is 0 Å². The van der Waals surface area contributed by atoms with Crippen molar-refractivity contribution >= 4 is 11.6 Å². The van der Waals surface area contributed by atoms with Crippen molar-refractivity contribution in [2.45, 2.75) is 39.7 Å². The first-order valence-electron chi connectivity index (χ1n) is 7.44. The summed E-state index contributed by atoms with van der Waals surface area (Å²) in [6, 6.07) is 6.25. The van der Waals surface area contributed by atoms with E-state index in [1.165, 1.54) is 18.4 Å². The quantitative estimate of drug-likeness (QED) is 0.839. The van der Waals surface area contributed by atoms with Crippen LogP contribution in [0.4, 0.5) is 5.69 Å². The van der Waals surface area contributed by atoms with Crippen LogP contribution < -0.4 is 15.4 Å². The van der Waals surface area contributed by atoms with Crippen molar-refractivity contribution in [1.82, 2.24) is 5.32 Å². The maximum absolute atomic E-state index is 11.3. The van der Waals surface area contributed by atoms with Gasteiger partial charge in [0.25, 0.3) is 5.91 Å². The molecule has 0 fully saturated rings. The van der Waals surface area contributed by atoms with Gasteiger partial charge in [-0.15, -0.1) is 0 Å². The first-order chi connectivity index (χ1) is 9.63. The SMILES string of the molecule is CCC(CC)CNC(C)c1ccc2c(c1)NC(=O)CO2.